The van der Waals surface area contributed by atoms with E-state index in [-0.39, 0.29) is 12.4 Å². The Morgan fingerprint density at radius 3 is 2.80 bits per heavy atom. The van der Waals surface area contributed by atoms with Crippen molar-refractivity contribution in [1.29, 1.82) is 0 Å². The summed E-state index contributed by atoms with van der Waals surface area (Å²) < 4.78 is 2.26. The summed E-state index contributed by atoms with van der Waals surface area (Å²) in [6.45, 7) is 6.46. The Morgan fingerprint density at radius 1 is 1.30 bits per heavy atom. The van der Waals surface area contributed by atoms with E-state index in [1.807, 2.05) is 6.07 Å². The van der Waals surface area contributed by atoms with E-state index in [9.17, 15) is 0 Å². The third-order valence-corrected chi connectivity index (χ3v) is 3.98. The van der Waals surface area contributed by atoms with Gasteiger partial charge in [-0.25, -0.2) is 4.98 Å². The highest BCUT2D eigenvalue weighted by Gasteiger charge is 2.14. The fraction of sp³-hybridized carbons (Fsp3) is 0.533. The van der Waals surface area contributed by atoms with Crippen LogP contribution in [0.4, 0.5) is 5.95 Å². The van der Waals surface area contributed by atoms with E-state index in [1.54, 1.807) is 0 Å². The number of anilines is 1. The highest BCUT2D eigenvalue weighted by atomic mass is 35.5. The van der Waals surface area contributed by atoms with Crippen LogP contribution in [0.15, 0.2) is 24.3 Å². The van der Waals surface area contributed by atoms with E-state index < -0.39 is 0 Å². The van der Waals surface area contributed by atoms with E-state index in [4.69, 9.17) is 4.98 Å². The molecule has 4 nitrogen and oxygen atoms in total. The van der Waals surface area contributed by atoms with Gasteiger partial charge in [0.1, 0.15) is 0 Å². The van der Waals surface area contributed by atoms with Crippen molar-refractivity contribution in [2.45, 2.75) is 26.3 Å². The number of aryl methyl sites for hydroxylation is 1. The molecule has 1 aromatic carbocycles. The summed E-state index contributed by atoms with van der Waals surface area (Å²) in [6, 6.07) is 8.34. The first-order valence-electron chi connectivity index (χ1n) is 7.28. The molecule has 1 aliphatic rings. The number of imidazole rings is 1. The van der Waals surface area contributed by atoms with Crippen molar-refractivity contribution in [3.63, 3.8) is 0 Å². The summed E-state index contributed by atoms with van der Waals surface area (Å²) in [5.41, 5.74) is 2.30. The highest BCUT2D eigenvalue weighted by Crippen LogP contribution is 2.20. The van der Waals surface area contributed by atoms with E-state index >= 15 is 0 Å². The SMILES string of the molecule is CCn1c(NCC2CCNCC2)nc2ccccc21.Cl. The summed E-state index contributed by atoms with van der Waals surface area (Å²) in [4.78, 5) is 4.70. The first kappa shape index (κ1) is 15.1. The summed E-state index contributed by atoms with van der Waals surface area (Å²) >= 11 is 0. The lowest BCUT2D eigenvalue weighted by molar-refractivity contribution is 0.389. The zero-order chi connectivity index (χ0) is 13.1. The molecule has 20 heavy (non-hydrogen) atoms. The van der Waals surface area contributed by atoms with Gasteiger partial charge in [-0.15, -0.1) is 12.4 Å². The fourth-order valence-corrected chi connectivity index (χ4v) is 2.85. The van der Waals surface area contributed by atoms with Crippen LogP contribution in [0.3, 0.4) is 0 Å². The highest BCUT2D eigenvalue weighted by molar-refractivity contribution is 5.85. The van der Waals surface area contributed by atoms with Crippen LogP contribution in [0.2, 0.25) is 0 Å². The van der Waals surface area contributed by atoms with Crippen molar-refractivity contribution in [3.05, 3.63) is 24.3 Å². The number of nitrogens with zero attached hydrogens (tertiary/aromatic N) is 2. The van der Waals surface area contributed by atoms with Gasteiger partial charge in [0, 0.05) is 13.1 Å². The van der Waals surface area contributed by atoms with Crippen LogP contribution in [-0.2, 0) is 6.54 Å². The second-order valence-corrected chi connectivity index (χ2v) is 5.24. The molecule has 0 amide bonds. The van der Waals surface area contributed by atoms with Gasteiger partial charge < -0.3 is 15.2 Å². The Labute approximate surface area is 126 Å². The molecule has 3 rings (SSSR count). The van der Waals surface area contributed by atoms with Crippen molar-refractivity contribution in [1.82, 2.24) is 14.9 Å². The Morgan fingerprint density at radius 2 is 2.05 bits per heavy atom. The van der Waals surface area contributed by atoms with Crippen LogP contribution >= 0.6 is 12.4 Å². The Kier molecular flexibility index (Phi) is 5.26. The molecule has 0 bridgehead atoms. The van der Waals surface area contributed by atoms with E-state index in [0.717, 1.165) is 43.6 Å². The Bertz CT molecular complexity index is 546. The second-order valence-electron chi connectivity index (χ2n) is 5.24. The maximum Gasteiger partial charge on any atom is 0.203 e. The van der Waals surface area contributed by atoms with Crippen molar-refractivity contribution in [2.24, 2.45) is 5.92 Å². The summed E-state index contributed by atoms with van der Waals surface area (Å²) in [6.07, 6.45) is 2.53. The molecule has 1 fully saturated rings. The molecule has 0 atom stereocenters. The lowest BCUT2D eigenvalue weighted by Crippen LogP contribution is -2.31. The first-order chi connectivity index (χ1) is 9.38. The number of aromatic nitrogens is 2. The van der Waals surface area contributed by atoms with Gasteiger partial charge in [0.05, 0.1) is 11.0 Å². The minimum absolute atomic E-state index is 0. The number of fused-ring (bicyclic) bond motifs is 1. The quantitative estimate of drug-likeness (QED) is 0.911. The number of nitrogens with one attached hydrogen (secondary N) is 2. The van der Waals surface area contributed by atoms with Crippen molar-refractivity contribution in [2.75, 3.05) is 25.0 Å². The van der Waals surface area contributed by atoms with Gasteiger partial charge in [0.25, 0.3) is 0 Å². The molecular formula is C15H23ClN4. The summed E-state index contributed by atoms with van der Waals surface area (Å²) in [5.74, 6) is 1.79. The topological polar surface area (TPSA) is 41.9 Å². The second kappa shape index (κ2) is 6.95. The van der Waals surface area contributed by atoms with E-state index in [0.29, 0.717) is 0 Å². The number of hydrogen-bond acceptors (Lipinski definition) is 3. The average Bonchev–Trinajstić information content (AvgIpc) is 2.83. The number of hydrogen-bond donors (Lipinski definition) is 2. The number of rotatable bonds is 4. The van der Waals surface area contributed by atoms with Crippen molar-refractivity contribution in [3.8, 4) is 0 Å². The minimum atomic E-state index is 0. The van der Waals surface area contributed by atoms with Crippen LogP contribution in [0.25, 0.3) is 11.0 Å². The van der Waals surface area contributed by atoms with E-state index in [2.05, 4.69) is 40.3 Å². The summed E-state index contributed by atoms with van der Waals surface area (Å²) in [5, 5.41) is 6.96. The lowest BCUT2D eigenvalue weighted by atomic mass is 9.98. The van der Waals surface area contributed by atoms with Crippen LogP contribution in [0, 0.1) is 5.92 Å². The third-order valence-electron chi connectivity index (χ3n) is 3.98. The van der Waals surface area contributed by atoms with Crippen molar-refractivity contribution < 1.29 is 0 Å². The predicted molar refractivity (Wildman–Crippen MR) is 86.7 cm³/mol. The molecule has 0 spiro atoms. The van der Waals surface area contributed by atoms with Crippen LogP contribution in [-0.4, -0.2) is 29.2 Å². The molecule has 1 saturated heterocycles. The number of benzene rings is 1. The third kappa shape index (κ3) is 3.07. The van der Waals surface area contributed by atoms with Gasteiger partial charge in [-0.1, -0.05) is 12.1 Å². The molecule has 0 radical (unpaired) electrons. The van der Waals surface area contributed by atoms with Crippen LogP contribution in [0.5, 0.6) is 0 Å². The smallest absolute Gasteiger partial charge is 0.203 e. The molecule has 1 aliphatic heterocycles. The largest absolute Gasteiger partial charge is 0.355 e. The number of para-hydroxylation sites is 2. The zero-order valence-corrected chi connectivity index (χ0v) is 12.7. The molecule has 2 N–H and O–H groups in total. The monoisotopic (exact) mass is 294 g/mol. The van der Waals surface area contributed by atoms with Gasteiger partial charge in [-0.2, -0.15) is 0 Å². The standard InChI is InChI=1S/C15H22N4.ClH/c1-2-19-14-6-4-3-5-13(14)18-15(19)17-11-12-7-9-16-10-8-12;/h3-6,12,16H,2,7-11H2,1H3,(H,17,18);1H. The van der Waals surface area contributed by atoms with Crippen molar-refractivity contribution >= 4 is 29.4 Å². The first-order valence-corrected chi connectivity index (χ1v) is 7.28. The average molecular weight is 295 g/mol. The molecule has 110 valence electrons. The molecule has 2 heterocycles. The van der Waals surface area contributed by atoms with Gasteiger partial charge in [0.2, 0.25) is 5.95 Å². The van der Waals surface area contributed by atoms with Gasteiger partial charge in [-0.3, -0.25) is 0 Å². The Hall–Kier alpha value is -1.26. The molecule has 0 saturated carbocycles. The van der Waals surface area contributed by atoms with Gasteiger partial charge >= 0.3 is 0 Å². The maximum atomic E-state index is 4.70. The number of halogens is 1. The Balaban J connectivity index is 0.00000147. The maximum absolute atomic E-state index is 4.70. The normalized spacial score (nSPS) is 16.1. The van der Waals surface area contributed by atoms with Crippen LogP contribution in [0.1, 0.15) is 19.8 Å². The molecule has 0 aliphatic carbocycles. The predicted octanol–water partition coefficient (Wildman–Crippen LogP) is 2.89. The molecule has 2 aromatic rings. The molecular weight excluding hydrogens is 272 g/mol. The molecule has 5 heteroatoms. The molecule has 0 unspecified atom stereocenters. The number of piperidine rings is 1. The van der Waals surface area contributed by atoms with Gasteiger partial charge in [0.15, 0.2) is 0 Å². The van der Waals surface area contributed by atoms with Crippen LogP contribution < -0.4 is 10.6 Å². The minimum Gasteiger partial charge on any atom is -0.355 e. The van der Waals surface area contributed by atoms with Gasteiger partial charge in [-0.05, 0) is 50.9 Å². The summed E-state index contributed by atoms with van der Waals surface area (Å²) in [7, 11) is 0. The molecule has 1 aromatic heterocycles. The zero-order valence-electron chi connectivity index (χ0n) is 11.9. The lowest BCUT2D eigenvalue weighted by Gasteiger charge is -2.23. The van der Waals surface area contributed by atoms with E-state index in [1.165, 1.54) is 18.4 Å². The fourth-order valence-electron chi connectivity index (χ4n) is 2.85.